The lowest BCUT2D eigenvalue weighted by Gasteiger charge is -2.40. The van der Waals surface area contributed by atoms with Crippen LogP contribution in [-0.4, -0.2) is 12.4 Å². The molecule has 1 aliphatic carbocycles. The number of para-hydroxylation sites is 3. The van der Waals surface area contributed by atoms with E-state index in [-0.39, 0.29) is 0 Å². The zero-order valence-corrected chi connectivity index (χ0v) is 31.6. The number of aromatic nitrogens is 1. The Morgan fingerprint density at radius 1 is 0.491 bits per heavy atom. The van der Waals surface area contributed by atoms with Gasteiger partial charge in [-0.15, -0.1) is 0 Å². The van der Waals surface area contributed by atoms with Crippen molar-refractivity contribution in [3.8, 4) is 27.9 Å². The summed E-state index contributed by atoms with van der Waals surface area (Å²) in [6.45, 7) is 2.08. The van der Waals surface area contributed by atoms with Gasteiger partial charge >= 0.3 is 0 Å². The predicted molar refractivity (Wildman–Crippen MR) is 240 cm³/mol. The van der Waals surface area contributed by atoms with Crippen molar-refractivity contribution in [1.29, 1.82) is 0 Å². The summed E-state index contributed by atoms with van der Waals surface area (Å²) in [4.78, 5) is 2.37. The quantitative estimate of drug-likeness (QED) is 0.155. The zero-order chi connectivity index (χ0) is 38.1. The van der Waals surface area contributed by atoms with E-state index >= 15 is 0 Å². The molecule has 0 bridgehead atoms. The van der Waals surface area contributed by atoms with Gasteiger partial charge in [0.1, 0.15) is 7.85 Å². The number of anilines is 3. The van der Waals surface area contributed by atoms with Crippen LogP contribution in [-0.2, 0) is 5.41 Å². The second kappa shape index (κ2) is 13.0. The molecule has 266 valence electrons. The summed E-state index contributed by atoms with van der Waals surface area (Å²) in [7, 11) is 7.66. The van der Waals surface area contributed by atoms with E-state index < -0.39 is 5.41 Å². The summed E-state index contributed by atoms with van der Waals surface area (Å²) in [6, 6.07) is 70.3. The number of benzene rings is 8. The third-order valence-electron chi connectivity index (χ3n) is 12.1. The Labute approximate surface area is 334 Å². The second-order valence-corrected chi connectivity index (χ2v) is 15.0. The number of fused-ring (bicyclic) bond motifs is 9. The maximum absolute atomic E-state index is 7.66. The lowest BCUT2D eigenvalue weighted by atomic mass is 9.59. The molecular formula is C54H37BN2. The van der Waals surface area contributed by atoms with Gasteiger partial charge in [0.15, 0.2) is 0 Å². The fourth-order valence-electron chi connectivity index (χ4n) is 9.66. The minimum absolute atomic E-state index is 0.678. The molecule has 0 amide bonds. The van der Waals surface area contributed by atoms with E-state index in [1.54, 1.807) is 0 Å². The van der Waals surface area contributed by atoms with E-state index in [0.29, 0.717) is 0 Å². The van der Waals surface area contributed by atoms with Crippen molar-refractivity contribution in [2.24, 2.45) is 0 Å². The summed E-state index contributed by atoms with van der Waals surface area (Å²) in [5.74, 6) is 0. The topological polar surface area (TPSA) is 8.17 Å². The molecule has 1 unspecified atom stereocenters. The molecule has 8 aromatic carbocycles. The molecule has 1 spiro atoms. The Hall–Kier alpha value is -7.10. The molecule has 57 heavy (non-hydrogen) atoms. The maximum Gasteiger partial charge on any atom is 0.110 e. The highest BCUT2D eigenvalue weighted by atomic mass is 15.1. The van der Waals surface area contributed by atoms with Crippen LogP contribution >= 0.6 is 0 Å². The largest absolute Gasteiger partial charge is 0.310 e. The second-order valence-electron chi connectivity index (χ2n) is 15.0. The molecule has 1 aliphatic heterocycles. The molecule has 0 N–H and O–H groups in total. The van der Waals surface area contributed by atoms with Crippen molar-refractivity contribution >= 4 is 52.3 Å². The number of hydrogen-bond acceptors (Lipinski definition) is 1. The van der Waals surface area contributed by atoms with Crippen molar-refractivity contribution in [3.63, 3.8) is 0 Å². The third kappa shape index (κ3) is 4.85. The highest BCUT2D eigenvalue weighted by Gasteiger charge is 2.49. The van der Waals surface area contributed by atoms with Crippen LogP contribution in [0, 0.1) is 0 Å². The van der Waals surface area contributed by atoms with Crippen LogP contribution in [0.4, 0.5) is 17.1 Å². The van der Waals surface area contributed by atoms with Crippen LogP contribution in [0.5, 0.6) is 0 Å². The standard InChI is InChI=1S/C54H37BN2/c1-2-14-45-46-35-42(56(40-29-25-38(26-30-40)36-15-5-3-6-16-36)41-31-27-39(28-32-41)37-17-7-4-8-18-37)33-34-47(46)54(53(45)55)48-21-10-12-24-51(48)57-50-23-11-9-19-43(50)44-20-13-22-49(54)52(44)57/h2-35H,1H3/b14-2-. The van der Waals surface area contributed by atoms with E-state index in [2.05, 4.69) is 223 Å². The fourth-order valence-corrected chi connectivity index (χ4v) is 9.66. The first kappa shape index (κ1) is 33.3. The minimum atomic E-state index is -0.678. The Bertz CT molecular complexity index is 2980. The van der Waals surface area contributed by atoms with Crippen LogP contribution in [0.2, 0.25) is 0 Å². The number of nitrogens with zero attached hydrogens (tertiary/aromatic N) is 2. The summed E-state index contributed by atoms with van der Waals surface area (Å²) >= 11 is 0. The average Bonchev–Trinajstić information content (AvgIpc) is 3.74. The molecule has 2 aliphatic rings. The summed E-state index contributed by atoms with van der Waals surface area (Å²) in [6.07, 6.45) is 4.32. The smallest absolute Gasteiger partial charge is 0.110 e. The van der Waals surface area contributed by atoms with Crippen LogP contribution < -0.4 is 4.90 Å². The van der Waals surface area contributed by atoms with Gasteiger partial charge in [0.05, 0.1) is 22.1 Å². The Kier molecular flexibility index (Phi) is 7.59. The molecule has 3 heteroatoms. The van der Waals surface area contributed by atoms with Crippen molar-refractivity contribution in [2.45, 2.75) is 12.3 Å². The Morgan fingerprint density at radius 2 is 1.04 bits per heavy atom. The molecule has 2 heterocycles. The Morgan fingerprint density at radius 3 is 1.70 bits per heavy atom. The first-order chi connectivity index (χ1) is 28.2. The average molecular weight is 725 g/mol. The summed E-state index contributed by atoms with van der Waals surface area (Å²) in [5.41, 5.74) is 17.6. The molecule has 0 fully saturated rings. The third-order valence-corrected chi connectivity index (χ3v) is 12.1. The molecule has 1 atom stereocenters. The monoisotopic (exact) mass is 724 g/mol. The SMILES string of the molecule is [B]C1=C(/C=C\C)c2cc(N(c3ccc(-c4ccccc4)cc3)c3ccc(-c4ccccc4)cc3)ccc2C12c1ccccc1-n1c3ccccc3c3cccc2c31. The molecule has 11 rings (SSSR count). The van der Waals surface area contributed by atoms with Gasteiger partial charge < -0.3 is 9.47 Å². The summed E-state index contributed by atoms with van der Waals surface area (Å²) < 4.78 is 2.45. The highest BCUT2D eigenvalue weighted by Crippen LogP contribution is 2.60. The number of hydrogen-bond donors (Lipinski definition) is 0. The molecule has 2 nitrogen and oxygen atoms in total. The van der Waals surface area contributed by atoms with Gasteiger partial charge in [-0.2, -0.15) is 0 Å². The van der Waals surface area contributed by atoms with Crippen LogP contribution in [0.1, 0.15) is 29.2 Å². The van der Waals surface area contributed by atoms with Crippen molar-refractivity contribution < 1.29 is 0 Å². The Balaban J connectivity index is 1.14. The first-order valence-corrected chi connectivity index (χ1v) is 19.7. The lowest BCUT2D eigenvalue weighted by molar-refractivity contribution is 0.757. The van der Waals surface area contributed by atoms with Crippen LogP contribution in [0.3, 0.4) is 0 Å². The van der Waals surface area contributed by atoms with Gasteiger partial charge in [-0.1, -0.05) is 163 Å². The highest BCUT2D eigenvalue weighted by molar-refractivity contribution is 6.31. The number of allylic oxidation sites excluding steroid dienone is 4. The van der Waals surface area contributed by atoms with E-state index in [0.717, 1.165) is 33.7 Å². The van der Waals surface area contributed by atoms with Gasteiger partial charge in [-0.05, 0) is 106 Å². The molecule has 0 saturated carbocycles. The van der Waals surface area contributed by atoms with Gasteiger partial charge in [0.2, 0.25) is 0 Å². The number of rotatable bonds is 6. The normalized spacial score (nSPS) is 15.5. The van der Waals surface area contributed by atoms with E-state index in [9.17, 15) is 0 Å². The van der Waals surface area contributed by atoms with E-state index in [1.807, 2.05) is 0 Å². The van der Waals surface area contributed by atoms with E-state index in [4.69, 9.17) is 7.85 Å². The van der Waals surface area contributed by atoms with Gasteiger partial charge in [-0.25, -0.2) is 0 Å². The maximum atomic E-state index is 7.66. The molecule has 0 saturated heterocycles. The van der Waals surface area contributed by atoms with Crippen molar-refractivity contribution in [3.05, 3.63) is 234 Å². The zero-order valence-electron chi connectivity index (χ0n) is 31.6. The molecule has 2 radical (unpaired) electrons. The minimum Gasteiger partial charge on any atom is -0.310 e. The molecular weight excluding hydrogens is 687 g/mol. The molecule has 1 aromatic heterocycles. The molecule has 9 aromatic rings. The fraction of sp³-hybridized carbons (Fsp3) is 0.0370. The van der Waals surface area contributed by atoms with Gasteiger partial charge in [0.25, 0.3) is 0 Å². The summed E-state index contributed by atoms with van der Waals surface area (Å²) in [5, 5.41) is 2.49. The van der Waals surface area contributed by atoms with Crippen LogP contribution in [0.15, 0.2) is 212 Å². The van der Waals surface area contributed by atoms with E-state index in [1.165, 1.54) is 66.4 Å². The van der Waals surface area contributed by atoms with Gasteiger partial charge in [-0.3, -0.25) is 0 Å². The first-order valence-electron chi connectivity index (χ1n) is 19.7. The van der Waals surface area contributed by atoms with Crippen LogP contribution in [0.25, 0.3) is 55.3 Å². The lowest BCUT2D eigenvalue weighted by Crippen LogP contribution is -2.34. The van der Waals surface area contributed by atoms with Crippen molar-refractivity contribution in [1.82, 2.24) is 4.57 Å². The predicted octanol–water partition coefficient (Wildman–Crippen LogP) is 13.7. The van der Waals surface area contributed by atoms with Gasteiger partial charge in [0, 0.05) is 27.8 Å². The van der Waals surface area contributed by atoms with Crippen molar-refractivity contribution in [2.75, 3.05) is 4.90 Å².